The van der Waals surface area contributed by atoms with Crippen LogP contribution in [0.5, 0.6) is 5.75 Å². The molecule has 0 aliphatic rings. The number of hydrogen-bond donors (Lipinski definition) is 2. The lowest BCUT2D eigenvalue weighted by molar-refractivity contribution is 0.427. The van der Waals surface area contributed by atoms with Gasteiger partial charge >= 0.3 is 0 Å². The highest BCUT2D eigenvalue weighted by atomic mass is 19.1. The highest BCUT2D eigenvalue weighted by molar-refractivity contribution is 5.55. The van der Waals surface area contributed by atoms with Crippen LogP contribution >= 0.6 is 0 Å². The molecule has 0 spiro atoms. The summed E-state index contributed by atoms with van der Waals surface area (Å²) in [5.74, 6) is -0.879. The van der Waals surface area contributed by atoms with Gasteiger partial charge in [-0.1, -0.05) is 12.1 Å². The van der Waals surface area contributed by atoms with Crippen LogP contribution in [0.3, 0.4) is 0 Å². The third-order valence-corrected chi connectivity index (χ3v) is 3.55. The molecule has 0 aromatic heterocycles. The molecule has 0 bridgehead atoms. The van der Waals surface area contributed by atoms with Crippen LogP contribution in [-0.2, 0) is 6.54 Å². The first-order valence-corrected chi connectivity index (χ1v) is 7.21. The molecule has 0 unspecified atom stereocenters. The summed E-state index contributed by atoms with van der Waals surface area (Å²) in [4.78, 5) is 2.27. The minimum atomic E-state index is -0.591. The van der Waals surface area contributed by atoms with Crippen molar-refractivity contribution in [2.75, 3.05) is 23.3 Å². The molecule has 0 aliphatic carbocycles. The Bertz CT molecular complexity index is 580. The Labute approximate surface area is 125 Å². The zero-order chi connectivity index (χ0) is 15.2. The molecule has 0 radical (unpaired) electrons. The molecule has 0 saturated carbocycles. The fourth-order valence-corrected chi connectivity index (χ4v) is 2.28. The number of phenolic OH excluding ortho intramolecular Hbond substituents is 1. The van der Waals surface area contributed by atoms with Crippen molar-refractivity contribution in [1.82, 2.24) is 0 Å². The number of benzene rings is 2. The lowest BCUT2D eigenvalue weighted by Gasteiger charge is -2.21. The molecule has 2 N–H and O–H groups in total. The van der Waals surface area contributed by atoms with Gasteiger partial charge in [-0.2, -0.15) is 0 Å². The summed E-state index contributed by atoms with van der Waals surface area (Å²) < 4.78 is 13.2. The van der Waals surface area contributed by atoms with Gasteiger partial charge in [-0.05, 0) is 44.2 Å². The molecule has 2 aromatic carbocycles. The van der Waals surface area contributed by atoms with Crippen molar-refractivity contribution in [1.29, 1.82) is 0 Å². The van der Waals surface area contributed by atoms with Gasteiger partial charge in [0.05, 0.1) is 0 Å². The summed E-state index contributed by atoms with van der Waals surface area (Å²) in [6.07, 6.45) is 0. The maximum Gasteiger partial charge on any atom is 0.165 e. The predicted molar refractivity (Wildman–Crippen MR) is 85.4 cm³/mol. The van der Waals surface area contributed by atoms with Gasteiger partial charge in [0, 0.05) is 36.6 Å². The number of hydrogen-bond acceptors (Lipinski definition) is 3. The summed E-state index contributed by atoms with van der Waals surface area (Å²) in [5, 5.41) is 12.8. The molecule has 3 nitrogen and oxygen atoms in total. The van der Waals surface area contributed by atoms with Gasteiger partial charge in [0.15, 0.2) is 11.6 Å². The molecule has 0 atom stereocenters. The smallest absolute Gasteiger partial charge is 0.165 e. The number of phenols is 1. The highest BCUT2D eigenvalue weighted by Gasteiger charge is 2.06. The molecule has 0 saturated heterocycles. The maximum absolute atomic E-state index is 13.2. The maximum atomic E-state index is 13.2. The van der Waals surface area contributed by atoms with Crippen molar-refractivity contribution in [2.24, 2.45) is 0 Å². The fourth-order valence-electron chi connectivity index (χ4n) is 2.28. The third kappa shape index (κ3) is 3.66. The minimum absolute atomic E-state index is 0.287. The van der Waals surface area contributed by atoms with E-state index in [1.807, 2.05) is 12.1 Å². The quantitative estimate of drug-likeness (QED) is 0.843. The van der Waals surface area contributed by atoms with Gasteiger partial charge < -0.3 is 15.3 Å². The van der Waals surface area contributed by atoms with E-state index >= 15 is 0 Å². The second kappa shape index (κ2) is 6.97. The lowest BCUT2D eigenvalue weighted by Crippen LogP contribution is -2.21. The molecule has 112 valence electrons. The number of halogens is 1. The first kappa shape index (κ1) is 15.2. The van der Waals surface area contributed by atoms with E-state index in [1.54, 1.807) is 12.1 Å². The zero-order valence-corrected chi connectivity index (χ0v) is 12.4. The Balaban J connectivity index is 2.02. The second-order valence-electron chi connectivity index (χ2n) is 4.82. The highest BCUT2D eigenvalue weighted by Crippen LogP contribution is 2.23. The summed E-state index contributed by atoms with van der Waals surface area (Å²) in [6.45, 7) is 6.58. The summed E-state index contributed by atoms with van der Waals surface area (Å²) in [6, 6.07) is 12.6. The average Bonchev–Trinajstić information content (AvgIpc) is 2.51. The molecule has 21 heavy (non-hydrogen) atoms. The van der Waals surface area contributed by atoms with Crippen LogP contribution in [-0.4, -0.2) is 18.2 Å². The van der Waals surface area contributed by atoms with Gasteiger partial charge in [0.25, 0.3) is 0 Å². The summed E-state index contributed by atoms with van der Waals surface area (Å²) >= 11 is 0. The van der Waals surface area contributed by atoms with Gasteiger partial charge in [0.1, 0.15) is 0 Å². The first-order chi connectivity index (χ1) is 10.2. The Morgan fingerprint density at radius 1 is 1.05 bits per heavy atom. The van der Waals surface area contributed by atoms with E-state index < -0.39 is 5.82 Å². The Hall–Kier alpha value is -2.23. The Kier molecular flexibility index (Phi) is 5.04. The number of para-hydroxylation sites is 1. The van der Waals surface area contributed by atoms with Crippen LogP contribution in [0.25, 0.3) is 0 Å². The number of aromatic hydroxyl groups is 1. The molecule has 0 fully saturated rings. The lowest BCUT2D eigenvalue weighted by atomic mass is 10.2. The van der Waals surface area contributed by atoms with E-state index in [0.717, 1.165) is 18.8 Å². The van der Waals surface area contributed by atoms with Crippen LogP contribution in [0.4, 0.5) is 15.8 Å². The van der Waals surface area contributed by atoms with E-state index in [9.17, 15) is 9.50 Å². The molecule has 0 amide bonds. The number of anilines is 2. The standard InChI is InChI=1S/C17H21FN2O/c1-3-20(4-2)15-10-8-14(9-11-15)19-12-13-6-5-7-16(18)17(13)21/h5-11,19,21H,3-4,12H2,1-2H3. The Morgan fingerprint density at radius 3 is 2.33 bits per heavy atom. The van der Waals surface area contributed by atoms with E-state index in [4.69, 9.17) is 0 Å². The molecule has 2 rings (SSSR count). The number of rotatable bonds is 6. The molecule has 4 heteroatoms. The van der Waals surface area contributed by atoms with E-state index in [2.05, 4.69) is 36.2 Å². The number of nitrogens with one attached hydrogen (secondary N) is 1. The second-order valence-corrected chi connectivity index (χ2v) is 4.82. The van der Waals surface area contributed by atoms with Gasteiger partial charge in [-0.15, -0.1) is 0 Å². The van der Waals surface area contributed by atoms with Crippen LogP contribution < -0.4 is 10.2 Å². The van der Waals surface area contributed by atoms with Crippen molar-refractivity contribution >= 4 is 11.4 Å². The fraction of sp³-hybridized carbons (Fsp3) is 0.294. The molecular formula is C17H21FN2O. The van der Waals surface area contributed by atoms with Crippen LogP contribution in [0.1, 0.15) is 19.4 Å². The normalized spacial score (nSPS) is 10.4. The van der Waals surface area contributed by atoms with Gasteiger partial charge in [0.2, 0.25) is 0 Å². The molecule has 0 aliphatic heterocycles. The Morgan fingerprint density at radius 2 is 1.71 bits per heavy atom. The van der Waals surface area contributed by atoms with E-state index in [1.165, 1.54) is 11.8 Å². The SMILES string of the molecule is CCN(CC)c1ccc(NCc2cccc(F)c2O)cc1. The predicted octanol–water partition coefficient (Wildman–Crippen LogP) is 3.99. The van der Waals surface area contributed by atoms with E-state index in [0.29, 0.717) is 12.1 Å². The van der Waals surface area contributed by atoms with Gasteiger partial charge in [-0.3, -0.25) is 0 Å². The van der Waals surface area contributed by atoms with Crippen molar-refractivity contribution in [2.45, 2.75) is 20.4 Å². The average molecular weight is 288 g/mol. The summed E-state index contributed by atoms with van der Waals surface area (Å²) in [7, 11) is 0. The molecule has 2 aromatic rings. The van der Waals surface area contributed by atoms with Crippen molar-refractivity contribution in [3.8, 4) is 5.75 Å². The van der Waals surface area contributed by atoms with Crippen molar-refractivity contribution < 1.29 is 9.50 Å². The van der Waals surface area contributed by atoms with Crippen LogP contribution in [0.2, 0.25) is 0 Å². The third-order valence-electron chi connectivity index (χ3n) is 3.55. The summed E-state index contributed by atoms with van der Waals surface area (Å²) in [5.41, 5.74) is 2.66. The monoisotopic (exact) mass is 288 g/mol. The largest absolute Gasteiger partial charge is 0.505 e. The first-order valence-electron chi connectivity index (χ1n) is 7.21. The van der Waals surface area contributed by atoms with E-state index in [-0.39, 0.29) is 5.75 Å². The van der Waals surface area contributed by atoms with Crippen LogP contribution in [0.15, 0.2) is 42.5 Å². The minimum Gasteiger partial charge on any atom is -0.505 e. The van der Waals surface area contributed by atoms with Crippen LogP contribution in [0, 0.1) is 5.82 Å². The zero-order valence-electron chi connectivity index (χ0n) is 12.4. The molecular weight excluding hydrogens is 267 g/mol. The van der Waals surface area contributed by atoms with Crippen molar-refractivity contribution in [3.63, 3.8) is 0 Å². The number of nitrogens with zero attached hydrogens (tertiary/aromatic N) is 1. The molecule has 0 heterocycles. The van der Waals surface area contributed by atoms with Gasteiger partial charge in [-0.25, -0.2) is 4.39 Å². The van der Waals surface area contributed by atoms with Crippen molar-refractivity contribution in [3.05, 3.63) is 53.8 Å². The topological polar surface area (TPSA) is 35.5 Å².